The number of benzene rings is 3. The van der Waals surface area contributed by atoms with E-state index < -0.39 is 0 Å². The fourth-order valence-corrected chi connectivity index (χ4v) is 2.84. The Morgan fingerprint density at radius 2 is 1.48 bits per heavy atom. The average Bonchev–Trinajstić information content (AvgIpc) is 2.69. The summed E-state index contributed by atoms with van der Waals surface area (Å²) in [6.45, 7) is 0. The maximum atomic E-state index is 12.9. The van der Waals surface area contributed by atoms with Gasteiger partial charge in [0.2, 0.25) is 0 Å². The molecule has 126 valence electrons. The van der Waals surface area contributed by atoms with Gasteiger partial charge in [0.05, 0.1) is 18.7 Å². The van der Waals surface area contributed by atoms with Crippen LogP contribution in [0.15, 0.2) is 84.9 Å². The fourth-order valence-electron chi connectivity index (χ4n) is 2.84. The minimum atomic E-state index is -0.110. The van der Waals surface area contributed by atoms with Crippen molar-refractivity contribution in [2.45, 2.75) is 12.5 Å². The normalized spacial score (nSPS) is 11.6. The monoisotopic (exact) mass is 331 g/mol. The van der Waals surface area contributed by atoms with Crippen molar-refractivity contribution in [1.29, 1.82) is 0 Å². The summed E-state index contributed by atoms with van der Waals surface area (Å²) in [6.07, 6.45) is 0.347. The zero-order chi connectivity index (χ0) is 17.5. The maximum Gasteiger partial charge on any atom is 0.168 e. The van der Waals surface area contributed by atoms with Crippen molar-refractivity contribution in [2.24, 2.45) is 0 Å². The van der Waals surface area contributed by atoms with E-state index in [0.29, 0.717) is 17.7 Å². The lowest BCUT2D eigenvalue weighted by atomic mass is 9.97. The molecule has 1 N–H and O–H groups in total. The summed E-state index contributed by atoms with van der Waals surface area (Å²) in [5.41, 5.74) is 2.68. The van der Waals surface area contributed by atoms with Crippen LogP contribution in [0.2, 0.25) is 0 Å². The van der Waals surface area contributed by atoms with Crippen LogP contribution in [0.5, 0.6) is 5.75 Å². The lowest BCUT2D eigenvalue weighted by Crippen LogP contribution is -2.16. The summed E-state index contributed by atoms with van der Waals surface area (Å²) in [4.78, 5) is 12.9. The van der Waals surface area contributed by atoms with E-state index in [2.05, 4.69) is 5.32 Å². The van der Waals surface area contributed by atoms with Crippen molar-refractivity contribution in [1.82, 2.24) is 0 Å². The highest BCUT2D eigenvalue weighted by Gasteiger charge is 2.19. The van der Waals surface area contributed by atoms with E-state index >= 15 is 0 Å². The van der Waals surface area contributed by atoms with Gasteiger partial charge in [-0.15, -0.1) is 0 Å². The highest BCUT2D eigenvalue weighted by atomic mass is 16.5. The molecule has 0 spiro atoms. The highest BCUT2D eigenvalue weighted by molar-refractivity contribution is 5.99. The van der Waals surface area contributed by atoms with E-state index in [1.165, 1.54) is 0 Å². The minimum absolute atomic E-state index is 0.0507. The molecule has 3 aromatic carbocycles. The summed E-state index contributed by atoms with van der Waals surface area (Å²) in [7, 11) is 1.59. The van der Waals surface area contributed by atoms with Crippen LogP contribution in [0, 0.1) is 0 Å². The van der Waals surface area contributed by atoms with Gasteiger partial charge in [0.25, 0.3) is 0 Å². The standard InChI is InChI=1S/C22H21NO2/c1-25-22-15-9-8-14-19(22)21(24)16-20(17-10-4-2-5-11-17)23-18-12-6-3-7-13-18/h2-15,20,23H,16H2,1H3. The zero-order valence-corrected chi connectivity index (χ0v) is 14.2. The quantitative estimate of drug-likeness (QED) is 0.611. The van der Waals surface area contributed by atoms with Gasteiger partial charge in [-0.2, -0.15) is 0 Å². The van der Waals surface area contributed by atoms with Crippen molar-refractivity contribution in [3.63, 3.8) is 0 Å². The van der Waals surface area contributed by atoms with Crippen LogP contribution in [-0.4, -0.2) is 12.9 Å². The Bertz CT molecular complexity index is 816. The molecule has 0 saturated heterocycles. The number of hydrogen-bond acceptors (Lipinski definition) is 3. The third-order valence-electron chi connectivity index (χ3n) is 4.11. The second kappa shape index (κ2) is 8.15. The Morgan fingerprint density at radius 3 is 2.16 bits per heavy atom. The summed E-state index contributed by atoms with van der Waals surface area (Å²) >= 11 is 0. The molecule has 3 nitrogen and oxygen atoms in total. The molecule has 0 radical (unpaired) electrons. The molecule has 0 aromatic heterocycles. The van der Waals surface area contributed by atoms with Crippen molar-refractivity contribution in [3.8, 4) is 5.75 Å². The predicted molar refractivity (Wildman–Crippen MR) is 101 cm³/mol. The van der Waals surface area contributed by atoms with Gasteiger partial charge in [-0.1, -0.05) is 60.7 Å². The predicted octanol–water partition coefficient (Wildman–Crippen LogP) is 5.12. The molecule has 3 aromatic rings. The van der Waals surface area contributed by atoms with Crippen molar-refractivity contribution >= 4 is 11.5 Å². The van der Waals surface area contributed by atoms with Crippen LogP contribution in [0.3, 0.4) is 0 Å². The lowest BCUT2D eigenvalue weighted by Gasteiger charge is -2.20. The SMILES string of the molecule is COc1ccccc1C(=O)CC(Nc1ccccc1)c1ccccc1. The molecule has 1 unspecified atom stereocenters. The molecule has 1 atom stereocenters. The number of rotatable bonds is 7. The molecule has 0 aliphatic heterocycles. The molecule has 0 bridgehead atoms. The van der Waals surface area contributed by atoms with Gasteiger partial charge in [-0.05, 0) is 29.8 Å². The molecular weight excluding hydrogens is 310 g/mol. The molecular formula is C22H21NO2. The molecule has 3 heteroatoms. The Labute approximate surface area is 148 Å². The van der Waals surface area contributed by atoms with Crippen LogP contribution < -0.4 is 10.1 Å². The van der Waals surface area contributed by atoms with Crippen LogP contribution in [0.1, 0.15) is 28.4 Å². The molecule has 25 heavy (non-hydrogen) atoms. The van der Waals surface area contributed by atoms with E-state index in [0.717, 1.165) is 11.3 Å². The topological polar surface area (TPSA) is 38.3 Å². The average molecular weight is 331 g/mol. The van der Waals surface area contributed by atoms with Crippen LogP contribution in [0.4, 0.5) is 5.69 Å². The first-order valence-corrected chi connectivity index (χ1v) is 8.30. The molecule has 0 aliphatic carbocycles. The largest absolute Gasteiger partial charge is 0.496 e. The van der Waals surface area contributed by atoms with Crippen molar-refractivity contribution < 1.29 is 9.53 Å². The number of methoxy groups -OCH3 is 1. The second-order valence-electron chi connectivity index (χ2n) is 5.80. The Hall–Kier alpha value is -3.07. The lowest BCUT2D eigenvalue weighted by molar-refractivity contribution is 0.0973. The van der Waals surface area contributed by atoms with Gasteiger partial charge in [0.15, 0.2) is 5.78 Å². The Morgan fingerprint density at radius 1 is 0.880 bits per heavy atom. The van der Waals surface area contributed by atoms with E-state index in [1.807, 2.05) is 84.9 Å². The summed E-state index contributed by atoms with van der Waals surface area (Å²) in [5, 5.41) is 3.47. The summed E-state index contributed by atoms with van der Waals surface area (Å²) in [6, 6.07) is 27.2. The van der Waals surface area contributed by atoms with Gasteiger partial charge in [-0.25, -0.2) is 0 Å². The van der Waals surface area contributed by atoms with Gasteiger partial charge < -0.3 is 10.1 Å². The maximum absolute atomic E-state index is 12.9. The van der Waals surface area contributed by atoms with Crippen molar-refractivity contribution in [2.75, 3.05) is 12.4 Å². The number of para-hydroxylation sites is 2. The van der Waals surface area contributed by atoms with E-state index in [4.69, 9.17) is 4.74 Å². The molecule has 0 aliphatic rings. The molecule has 0 heterocycles. The van der Waals surface area contributed by atoms with E-state index in [9.17, 15) is 4.79 Å². The fraction of sp³-hybridized carbons (Fsp3) is 0.136. The van der Waals surface area contributed by atoms with Crippen LogP contribution in [-0.2, 0) is 0 Å². The number of ether oxygens (including phenoxy) is 1. The Balaban J connectivity index is 1.86. The third kappa shape index (κ3) is 4.27. The summed E-state index contributed by atoms with van der Waals surface area (Å²) in [5.74, 6) is 0.661. The number of ketones is 1. The Kier molecular flexibility index (Phi) is 5.47. The number of anilines is 1. The minimum Gasteiger partial charge on any atom is -0.496 e. The van der Waals surface area contributed by atoms with Gasteiger partial charge in [0.1, 0.15) is 5.75 Å². The van der Waals surface area contributed by atoms with Crippen molar-refractivity contribution in [3.05, 3.63) is 96.1 Å². The number of nitrogens with one attached hydrogen (secondary N) is 1. The molecule has 3 rings (SSSR count). The highest BCUT2D eigenvalue weighted by Crippen LogP contribution is 2.27. The third-order valence-corrected chi connectivity index (χ3v) is 4.11. The van der Waals surface area contributed by atoms with Crippen LogP contribution >= 0.6 is 0 Å². The van der Waals surface area contributed by atoms with Gasteiger partial charge in [-0.3, -0.25) is 4.79 Å². The van der Waals surface area contributed by atoms with Gasteiger partial charge in [0, 0.05) is 12.1 Å². The molecule has 0 fully saturated rings. The number of carbonyl (C=O) groups is 1. The van der Waals surface area contributed by atoms with Crippen LogP contribution in [0.25, 0.3) is 0 Å². The summed E-state index contributed by atoms with van der Waals surface area (Å²) < 4.78 is 5.33. The van der Waals surface area contributed by atoms with Gasteiger partial charge >= 0.3 is 0 Å². The molecule has 0 saturated carbocycles. The first-order chi connectivity index (χ1) is 12.3. The van der Waals surface area contributed by atoms with E-state index in [-0.39, 0.29) is 11.8 Å². The number of Topliss-reactive ketones (excluding diaryl/α,β-unsaturated/α-hetero) is 1. The molecule has 0 amide bonds. The smallest absolute Gasteiger partial charge is 0.168 e. The second-order valence-corrected chi connectivity index (χ2v) is 5.80. The first kappa shape index (κ1) is 16.8. The number of carbonyl (C=O) groups excluding carboxylic acids is 1. The number of hydrogen-bond donors (Lipinski definition) is 1. The van der Waals surface area contributed by atoms with E-state index in [1.54, 1.807) is 7.11 Å². The zero-order valence-electron chi connectivity index (χ0n) is 14.2. The first-order valence-electron chi connectivity index (χ1n) is 8.30.